The molecule has 0 amide bonds. The van der Waals surface area contributed by atoms with Gasteiger partial charge in [0, 0.05) is 34.8 Å². The molecule has 0 aromatic heterocycles. The summed E-state index contributed by atoms with van der Waals surface area (Å²) in [7, 11) is 0. The van der Waals surface area contributed by atoms with Crippen molar-refractivity contribution in [3.63, 3.8) is 0 Å². The summed E-state index contributed by atoms with van der Waals surface area (Å²) in [6.45, 7) is 11.6. The van der Waals surface area contributed by atoms with Crippen molar-refractivity contribution in [1.29, 1.82) is 0 Å². The number of allylic oxidation sites excluding steroid dienone is 1. The molecule has 0 aromatic rings. The fourth-order valence-corrected chi connectivity index (χ4v) is 5.17. The summed E-state index contributed by atoms with van der Waals surface area (Å²) < 4.78 is 11.3. The zero-order valence-electron chi connectivity index (χ0n) is 15.5. The summed E-state index contributed by atoms with van der Waals surface area (Å²) in [5.74, 6) is -0.501. The van der Waals surface area contributed by atoms with Crippen LogP contribution in [-0.2, 0) is 19.1 Å². The second kappa shape index (κ2) is 6.27. The molecule has 0 unspecified atom stereocenters. The number of fused-ring (bicyclic) bond motifs is 2. The minimum atomic E-state index is -0.578. The van der Waals surface area contributed by atoms with Crippen LogP contribution >= 0.6 is 0 Å². The SMILES string of the molecule is C=C1C(=O)O[C@@H]2C[C@@H](C)[C@@H]3[C@@H](OC(=O)C(C)=CC)C[C@@H](O)[C@@]3(C)C[C@H]12. The van der Waals surface area contributed by atoms with E-state index in [1.165, 1.54) is 0 Å². The zero-order valence-corrected chi connectivity index (χ0v) is 15.5. The summed E-state index contributed by atoms with van der Waals surface area (Å²) in [6.07, 6.45) is 2.43. The Morgan fingerprint density at radius 3 is 2.76 bits per heavy atom. The van der Waals surface area contributed by atoms with Crippen LogP contribution in [0.5, 0.6) is 0 Å². The predicted octanol–water partition coefficient (Wildman–Crippen LogP) is 2.78. The highest BCUT2D eigenvalue weighted by molar-refractivity contribution is 5.90. The molecule has 7 atom stereocenters. The first-order valence-electron chi connectivity index (χ1n) is 9.10. The molecule has 5 heteroatoms. The van der Waals surface area contributed by atoms with Gasteiger partial charge in [-0.2, -0.15) is 0 Å². The van der Waals surface area contributed by atoms with Gasteiger partial charge >= 0.3 is 11.9 Å². The van der Waals surface area contributed by atoms with E-state index in [1.807, 2.05) is 6.92 Å². The Hall–Kier alpha value is -1.62. The zero-order chi connectivity index (χ0) is 18.5. The molecule has 138 valence electrons. The van der Waals surface area contributed by atoms with E-state index >= 15 is 0 Å². The second-order valence-corrected chi connectivity index (χ2v) is 8.19. The van der Waals surface area contributed by atoms with E-state index < -0.39 is 11.5 Å². The molecule has 2 saturated carbocycles. The highest BCUT2D eigenvalue weighted by Crippen LogP contribution is 2.57. The topological polar surface area (TPSA) is 72.8 Å². The van der Waals surface area contributed by atoms with Crippen LogP contribution in [0.3, 0.4) is 0 Å². The minimum Gasteiger partial charge on any atom is -0.459 e. The molecule has 2 aliphatic carbocycles. The second-order valence-electron chi connectivity index (χ2n) is 8.19. The third kappa shape index (κ3) is 2.82. The van der Waals surface area contributed by atoms with Gasteiger partial charge in [-0.3, -0.25) is 0 Å². The van der Waals surface area contributed by atoms with E-state index in [4.69, 9.17) is 9.47 Å². The van der Waals surface area contributed by atoms with Crippen molar-refractivity contribution < 1.29 is 24.2 Å². The number of hydrogen-bond donors (Lipinski definition) is 1. The molecule has 3 fully saturated rings. The molecule has 3 aliphatic rings. The Bertz CT molecular complexity index is 636. The van der Waals surface area contributed by atoms with Gasteiger partial charge in [0.2, 0.25) is 0 Å². The van der Waals surface area contributed by atoms with Crippen molar-refractivity contribution in [2.45, 2.75) is 65.3 Å². The Morgan fingerprint density at radius 1 is 1.44 bits per heavy atom. The maximum Gasteiger partial charge on any atom is 0.334 e. The molecule has 1 N–H and O–H groups in total. The molecule has 0 radical (unpaired) electrons. The minimum absolute atomic E-state index is 0.0354. The van der Waals surface area contributed by atoms with Crippen LogP contribution in [0.2, 0.25) is 0 Å². The lowest BCUT2D eigenvalue weighted by molar-refractivity contribution is -0.148. The van der Waals surface area contributed by atoms with Gasteiger partial charge in [-0.1, -0.05) is 26.5 Å². The van der Waals surface area contributed by atoms with Gasteiger partial charge in [-0.05, 0) is 32.6 Å². The van der Waals surface area contributed by atoms with Gasteiger partial charge in [0.25, 0.3) is 0 Å². The Morgan fingerprint density at radius 2 is 2.12 bits per heavy atom. The lowest BCUT2D eigenvalue weighted by atomic mass is 9.69. The van der Waals surface area contributed by atoms with Crippen molar-refractivity contribution in [3.8, 4) is 0 Å². The number of carbonyl (C=O) groups is 2. The monoisotopic (exact) mass is 348 g/mol. The van der Waals surface area contributed by atoms with E-state index in [1.54, 1.807) is 19.9 Å². The molecular formula is C20H28O5. The average Bonchev–Trinajstić information content (AvgIpc) is 2.89. The maximum atomic E-state index is 12.2. The number of aliphatic hydroxyl groups excluding tert-OH is 1. The molecule has 5 nitrogen and oxygen atoms in total. The molecule has 3 rings (SSSR count). The summed E-state index contributed by atoms with van der Waals surface area (Å²) in [6, 6.07) is 0. The van der Waals surface area contributed by atoms with E-state index in [2.05, 4.69) is 13.5 Å². The lowest BCUT2D eigenvalue weighted by Gasteiger charge is -2.38. The molecule has 25 heavy (non-hydrogen) atoms. The Labute approximate surface area is 149 Å². The van der Waals surface area contributed by atoms with Crippen LogP contribution < -0.4 is 0 Å². The Kier molecular flexibility index (Phi) is 4.56. The lowest BCUT2D eigenvalue weighted by Crippen LogP contribution is -2.39. The average molecular weight is 348 g/mol. The fraction of sp³-hybridized carbons (Fsp3) is 0.700. The van der Waals surface area contributed by atoms with Gasteiger partial charge < -0.3 is 14.6 Å². The van der Waals surface area contributed by atoms with Crippen molar-refractivity contribution in [3.05, 3.63) is 23.8 Å². The summed E-state index contributed by atoms with van der Waals surface area (Å²) >= 11 is 0. The molecule has 1 heterocycles. The van der Waals surface area contributed by atoms with E-state index in [9.17, 15) is 14.7 Å². The first-order valence-corrected chi connectivity index (χ1v) is 9.10. The maximum absolute atomic E-state index is 12.2. The number of ether oxygens (including phenoxy) is 2. The largest absolute Gasteiger partial charge is 0.459 e. The summed E-state index contributed by atoms with van der Waals surface area (Å²) in [4.78, 5) is 24.1. The van der Waals surface area contributed by atoms with Gasteiger partial charge in [-0.15, -0.1) is 0 Å². The molecule has 1 aliphatic heterocycles. The van der Waals surface area contributed by atoms with Gasteiger partial charge in [0.1, 0.15) is 12.2 Å². The smallest absolute Gasteiger partial charge is 0.334 e. The van der Waals surface area contributed by atoms with Gasteiger partial charge in [-0.25, -0.2) is 9.59 Å². The van der Waals surface area contributed by atoms with Crippen molar-refractivity contribution >= 4 is 11.9 Å². The highest BCUT2D eigenvalue weighted by atomic mass is 16.6. The van der Waals surface area contributed by atoms with Crippen LogP contribution in [0.1, 0.15) is 47.0 Å². The first kappa shape index (κ1) is 18.2. The normalized spacial score (nSPS) is 44.0. The number of aliphatic hydroxyl groups is 1. The summed E-state index contributed by atoms with van der Waals surface area (Å²) in [5.41, 5.74) is 0.657. The molecular weight excluding hydrogens is 320 g/mol. The number of carbonyl (C=O) groups excluding carboxylic acids is 2. The molecule has 0 spiro atoms. The van der Waals surface area contributed by atoms with Crippen molar-refractivity contribution in [2.24, 2.45) is 23.2 Å². The third-order valence-electron chi connectivity index (χ3n) is 6.69. The predicted molar refractivity (Wildman–Crippen MR) is 92.4 cm³/mol. The number of esters is 2. The van der Waals surface area contributed by atoms with Crippen LogP contribution in [-0.4, -0.2) is 35.4 Å². The fourth-order valence-electron chi connectivity index (χ4n) is 5.17. The van der Waals surface area contributed by atoms with E-state index in [0.29, 0.717) is 30.4 Å². The number of rotatable bonds is 2. The van der Waals surface area contributed by atoms with Gasteiger partial charge in [0.05, 0.1) is 6.10 Å². The molecule has 1 saturated heterocycles. The van der Waals surface area contributed by atoms with Crippen LogP contribution in [0.25, 0.3) is 0 Å². The van der Waals surface area contributed by atoms with E-state index in [0.717, 1.165) is 0 Å². The standard InChI is InChI=1S/C20H28O5/c1-6-10(2)18(22)25-15-8-16(21)20(5)9-13-12(4)19(23)24-14(13)7-11(3)17(15)20/h6,11,13-17,21H,4,7-9H2,1-3,5H3/t11-,13-,14-,15+,16-,17-,20-/m1/s1. The Balaban J connectivity index is 1.89. The van der Waals surface area contributed by atoms with Crippen molar-refractivity contribution in [1.82, 2.24) is 0 Å². The molecule has 0 bridgehead atoms. The third-order valence-corrected chi connectivity index (χ3v) is 6.69. The van der Waals surface area contributed by atoms with Gasteiger partial charge in [0.15, 0.2) is 0 Å². The first-order chi connectivity index (χ1) is 11.7. The highest BCUT2D eigenvalue weighted by Gasteiger charge is 2.60. The van der Waals surface area contributed by atoms with Crippen LogP contribution in [0.15, 0.2) is 23.8 Å². The van der Waals surface area contributed by atoms with E-state index in [-0.39, 0.29) is 41.9 Å². The summed E-state index contributed by atoms with van der Waals surface area (Å²) in [5, 5.41) is 10.8. The van der Waals surface area contributed by atoms with Crippen LogP contribution in [0, 0.1) is 23.2 Å². The van der Waals surface area contributed by atoms with Crippen molar-refractivity contribution in [2.75, 3.05) is 0 Å². The van der Waals surface area contributed by atoms with Crippen LogP contribution in [0.4, 0.5) is 0 Å². The quantitative estimate of drug-likeness (QED) is 0.614. The molecule has 0 aromatic carbocycles. The number of hydrogen-bond acceptors (Lipinski definition) is 5.